The number of pyridine rings is 1. The van der Waals surface area contributed by atoms with E-state index >= 15 is 0 Å². The Labute approximate surface area is 108 Å². The average Bonchev–Trinajstić information content (AvgIpc) is 2.73. The van der Waals surface area contributed by atoms with Crippen molar-refractivity contribution in [2.24, 2.45) is 5.92 Å². The summed E-state index contributed by atoms with van der Waals surface area (Å²) in [6.45, 7) is 6.83. The van der Waals surface area contributed by atoms with E-state index in [0.717, 1.165) is 17.7 Å². The summed E-state index contributed by atoms with van der Waals surface area (Å²) in [5, 5.41) is 3.39. The van der Waals surface area contributed by atoms with Crippen molar-refractivity contribution >= 4 is 5.97 Å². The highest BCUT2D eigenvalue weighted by atomic mass is 16.5. The van der Waals surface area contributed by atoms with Crippen LogP contribution in [0.2, 0.25) is 0 Å². The molecule has 2 rings (SSSR count). The molecule has 2 atom stereocenters. The fourth-order valence-corrected chi connectivity index (χ4v) is 2.27. The lowest BCUT2D eigenvalue weighted by Gasteiger charge is -2.25. The van der Waals surface area contributed by atoms with Gasteiger partial charge in [0.1, 0.15) is 6.04 Å². The molecule has 0 spiro atoms. The van der Waals surface area contributed by atoms with Gasteiger partial charge in [-0.1, -0.05) is 19.9 Å². The molecule has 1 N–H and O–H groups in total. The second-order valence-corrected chi connectivity index (χ2v) is 5.10. The SMILES string of the molecule is Cc1cccnc1[C@@H](N[C@H]1CCOC1=O)C(C)C. The topological polar surface area (TPSA) is 51.2 Å². The van der Waals surface area contributed by atoms with Gasteiger partial charge in [-0.05, 0) is 24.5 Å². The van der Waals surface area contributed by atoms with Gasteiger partial charge in [-0.2, -0.15) is 0 Å². The molecule has 0 saturated carbocycles. The van der Waals surface area contributed by atoms with Gasteiger partial charge >= 0.3 is 5.97 Å². The smallest absolute Gasteiger partial charge is 0.323 e. The van der Waals surface area contributed by atoms with Gasteiger partial charge in [0.25, 0.3) is 0 Å². The predicted molar refractivity (Wildman–Crippen MR) is 69.1 cm³/mol. The molecule has 1 aliphatic rings. The lowest BCUT2D eigenvalue weighted by molar-refractivity contribution is -0.139. The molecule has 0 radical (unpaired) electrons. The molecule has 0 bridgehead atoms. The molecule has 0 unspecified atom stereocenters. The molecule has 1 aliphatic heterocycles. The Balaban J connectivity index is 2.19. The molecular weight excluding hydrogens is 228 g/mol. The van der Waals surface area contributed by atoms with E-state index < -0.39 is 0 Å². The van der Waals surface area contributed by atoms with Crippen molar-refractivity contribution in [3.8, 4) is 0 Å². The number of carbonyl (C=O) groups is 1. The summed E-state index contributed by atoms with van der Waals surface area (Å²) in [5.74, 6) is 0.223. The van der Waals surface area contributed by atoms with Gasteiger partial charge in [-0.3, -0.25) is 15.1 Å². The fourth-order valence-electron chi connectivity index (χ4n) is 2.27. The Morgan fingerprint density at radius 2 is 2.28 bits per heavy atom. The summed E-state index contributed by atoms with van der Waals surface area (Å²) >= 11 is 0. The normalized spacial score (nSPS) is 21.1. The molecule has 1 fully saturated rings. The molecule has 18 heavy (non-hydrogen) atoms. The van der Waals surface area contributed by atoms with Crippen LogP contribution in [0, 0.1) is 12.8 Å². The Bertz CT molecular complexity index is 432. The number of aryl methyl sites for hydroxylation is 1. The molecule has 0 aromatic carbocycles. The minimum atomic E-state index is -0.196. The predicted octanol–water partition coefficient (Wildman–Crippen LogP) is 1.99. The van der Waals surface area contributed by atoms with Crippen molar-refractivity contribution < 1.29 is 9.53 Å². The highest BCUT2D eigenvalue weighted by molar-refractivity contribution is 5.77. The lowest BCUT2D eigenvalue weighted by Crippen LogP contribution is -2.39. The van der Waals surface area contributed by atoms with Crippen molar-refractivity contribution in [1.82, 2.24) is 10.3 Å². The fraction of sp³-hybridized carbons (Fsp3) is 0.571. The second kappa shape index (κ2) is 5.48. The van der Waals surface area contributed by atoms with E-state index in [0.29, 0.717) is 12.5 Å². The molecular formula is C14H20N2O2. The minimum absolute atomic E-state index is 0.0850. The summed E-state index contributed by atoms with van der Waals surface area (Å²) in [7, 11) is 0. The van der Waals surface area contributed by atoms with Crippen LogP contribution in [0.25, 0.3) is 0 Å². The number of hydrogen-bond acceptors (Lipinski definition) is 4. The van der Waals surface area contributed by atoms with E-state index in [-0.39, 0.29) is 18.1 Å². The lowest BCUT2D eigenvalue weighted by atomic mass is 9.96. The first kappa shape index (κ1) is 13.0. The van der Waals surface area contributed by atoms with Crippen molar-refractivity contribution in [3.63, 3.8) is 0 Å². The molecule has 98 valence electrons. The molecule has 1 aromatic heterocycles. The Kier molecular flexibility index (Phi) is 3.97. The maximum absolute atomic E-state index is 11.5. The third kappa shape index (κ3) is 2.70. The van der Waals surface area contributed by atoms with Crippen molar-refractivity contribution in [2.75, 3.05) is 6.61 Å². The van der Waals surface area contributed by atoms with Gasteiger partial charge in [0.05, 0.1) is 18.3 Å². The molecule has 2 heterocycles. The van der Waals surface area contributed by atoms with Crippen LogP contribution in [0.1, 0.15) is 37.6 Å². The zero-order valence-electron chi connectivity index (χ0n) is 11.1. The number of carbonyl (C=O) groups excluding carboxylic acids is 1. The molecule has 1 saturated heterocycles. The highest BCUT2D eigenvalue weighted by Gasteiger charge is 2.31. The third-order valence-corrected chi connectivity index (χ3v) is 3.33. The van der Waals surface area contributed by atoms with Gasteiger partial charge in [-0.25, -0.2) is 0 Å². The first-order valence-corrected chi connectivity index (χ1v) is 6.44. The van der Waals surface area contributed by atoms with E-state index in [9.17, 15) is 4.79 Å². The van der Waals surface area contributed by atoms with Gasteiger partial charge < -0.3 is 4.74 Å². The quantitative estimate of drug-likeness (QED) is 0.828. The van der Waals surface area contributed by atoms with Crippen molar-refractivity contribution in [1.29, 1.82) is 0 Å². The van der Waals surface area contributed by atoms with E-state index in [1.165, 1.54) is 0 Å². The summed E-state index contributed by atoms with van der Waals surface area (Å²) in [6.07, 6.45) is 2.54. The van der Waals surface area contributed by atoms with Crippen LogP contribution >= 0.6 is 0 Å². The molecule has 0 aliphatic carbocycles. The number of aromatic nitrogens is 1. The maximum Gasteiger partial charge on any atom is 0.323 e. The summed E-state index contributed by atoms with van der Waals surface area (Å²) in [4.78, 5) is 16.0. The largest absolute Gasteiger partial charge is 0.464 e. The standard InChI is InChI=1S/C14H20N2O2/c1-9(2)12(13-10(3)5-4-7-15-13)16-11-6-8-18-14(11)17/h4-5,7,9,11-12,16H,6,8H2,1-3H3/t11-,12-/m0/s1. The molecule has 0 amide bonds. The third-order valence-electron chi connectivity index (χ3n) is 3.33. The van der Waals surface area contributed by atoms with E-state index in [2.05, 4.69) is 24.1 Å². The number of rotatable bonds is 4. The van der Waals surface area contributed by atoms with Crippen LogP contribution in [-0.2, 0) is 9.53 Å². The first-order valence-electron chi connectivity index (χ1n) is 6.44. The molecule has 1 aromatic rings. The van der Waals surface area contributed by atoms with Crippen LogP contribution in [0.15, 0.2) is 18.3 Å². The van der Waals surface area contributed by atoms with Gasteiger partial charge in [-0.15, -0.1) is 0 Å². The van der Waals surface area contributed by atoms with Crippen LogP contribution < -0.4 is 5.32 Å². The van der Waals surface area contributed by atoms with Crippen LogP contribution in [0.3, 0.4) is 0 Å². The highest BCUT2D eigenvalue weighted by Crippen LogP contribution is 2.24. The van der Waals surface area contributed by atoms with Crippen LogP contribution in [-0.4, -0.2) is 23.6 Å². The first-order chi connectivity index (χ1) is 8.59. The monoisotopic (exact) mass is 248 g/mol. The number of nitrogens with one attached hydrogen (secondary N) is 1. The van der Waals surface area contributed by atoms with Crippen LogP contribution in [0.5, 0.6) is 0 Å². The Hall–Kier alpha value is -1.42. The number of nitrogens with zero attached hydrogens (tertiary/aromatic N) is 1. The van der Waals surface area contributed by atoms with Crippen molar-refractivity contribution in [2.45, 2.75) is 39.3 Å². The van der Waals surface area contributed by atoms with E-state index in [1.54, 1.807) is 6.20 Å². The second-order valence-electron chi connectivity index (χ2n) is 5.10. The maximum atomic E-state index is 11.5. The number of esters is 1. The summed E-state index contributed by atoms with van der Waals surface area (Å²) < 4.78 is 4.99. The average molecular weight is 248 g/mol. The number of cyclic esters (lactones) is 1. The molecule has 4 nitrogen and oxygen atoms in total. The summed E-state index contributed by atoms with van der Waals surface area (Å²) in [5.41, 5.74) is 2.17. The van der Waals surface area contributed by atoms with E-state index in [4.69, 9.17) is 4.74 Å². The zero-order chi connectivity index (χ0) is 13.1. The van der Waals surface area contributed by atoms with Gasteiger partial charge in [0.2, 0.25) is 0 Å². The van der Waals surface area contributed by atoms with Gasteiger partial charge in [0, 0.05) is 12.6 Å². The van der Waals surface area contributed by atoms with E-state index in [1.807, 2.05) is 19.1 Å². The van der Waals surface area contributed by atoms with Crippen LogP contribution in [0.4, 0.5) is 0 Å². The zero-order valence-corrected chi connectivity index (χ0v) is 11.1. The number of hydrogen-bond donors (Lipinski definition) is 1. The Morgan fingerprint density at radius 3 is 2.83 bits per heavy atom. The van der Waals surface area contributed by atoms with Crippen molar-refractivity contribution in [3.05, 3.63) is 29.6 Å². The summed E-state index contributed by atoms with van der Waals surface area (Å²) in [6, 6.07) is 3.87. The van der Waals surface area contributed by atoms with Gasteiger partial charge in [0.15, 0.2) is 0 Å². The Morgan fingerprint density at radius 1 is 1.50 bits per heavy atom. The number of ether oxygens (including phenoxy) is 1. The molecule has 4 heteroatoms. The minimum Gasteiger partial charge on any atom is -0.464 e.